The number of carbonyl (C=O) groups excluding carboxylic acids is 4. The zero-order valence-corrected chi connectivity index (χ0v) is 42.4. The van der Waals surface area contributed by atoms with Gasteiger partial charge in [0.25, 0.3) is 0 Å². The summed E-state index contributed by atoms with van der Waals surface area (Å²) in [6.45, 7) is 8.90. The second-order valence-corrected chi connectivity index (χ2v) is 20.3. The van der Waals surface area contributed by atoms with Crippen LogP contribution in [0.2, 0.25) is 0 Å². The quantitative estimate of drug-likeness (QED) is 0.0937. The molecule has 2 aliphatic heterocycles. The SMILES string of the molecule is COC(=O)N[C@H](C(=O)N1CCCC[C@H]1c1nc(-c2ccc(-c3cc4ccc3CCc3ccc(c(-c5ccc(-c6c[nH]c([C@@H]7CCCCN7C(=O)[C@@H](NC(=O)OC)C(C)C)n6)cc5)c3)CC4)cc2)c[nH]1)C(C)C. The highest BCUT2D eigenvalue weighted by Gasteiger charge is 2.38. The summed E-state index contributed by atoms with van der Waals surface area (Å²) >= 11 is 0. The maximum atomic E-state index is 13.9. The number of aromatic amines is 2. The second-order valence-electron chi connectivity index (χ2n) is 20.3. The number of amides is 4. The van der Waals surface area contributed by atoms with Gasteiger partial charge in [0.2, 0.25) is 11.8 Å². The molecular formula is C58H68N8O6. The maximum Gasteiger partial charge on any atom is 0.407 e. The Hall–Kier alpha value is -7.22. The summed E-state index contributed by atoms with van der Waals surface area (Å²) in [5, 5.41) is 5.49. The lowest BCUT2D eigenvalue weighted by molar-refractivity contribution is -0.139. The fourth-order valence-corrected chi connectivity index (χ4v) is 10.8. The summed E-state index contributed by atoms with van der Waals surface area (Å²) in [5.41, 5.74) is 13.7. The number of H-pyrrole nitrogens is 2. The average Bonchev–Trinajstić information content (AvgIpc) is 4.11. The van der Waals surface area contributed by atoms with Crippen molar-refractivity contribution in [1.82, 2.24) is 40.4 Å². The van der Waals surface area contributed by atoms with Crippen molar-refractivity contribution in [3.05, 3.63) is 131 Å². The van der Waals surface area contributed by atoms with Crippen molar-refractivity contribution in [3.8, 4) is 44.8 Å². The first-order valence-corrected chi connectivity index (χ1v) is 25.7. The Labute approximate surface area is 422 Å². The molecule has 0 unspecified atom stereocenters. The molecular weight excluding hydrogens is 905 g/mol. The molecule has 14 nitrogen and oxygen atoms in total. The lowest BCUT2D eigenvalue weighted by Crippen LogP contribution is -2.53. The van der Waals surface area contributed by atoms with Crippen LogP contribution in [-0.4, -0.2) is 93.1 Å². The molecule has 4 atom stereocenters. The standard InChI is InChI=1S/C58H68N8O6/c1-35(2)51(63-57(69)71-5)55(67)65-29-9-7-11-49(65)53-59-33-47(61-53)43-25-21-41(22-26-43)45-31-37-13-17-39(45)19-15-38-14-18-40(20-16-37)46(32-38)42-23-27-44(28-24-42)48-34-60-54(62-48)50-12-8-10-30-66(50)56(68)52(36(3)4)64-58(70)72-6/h13-14,17-18,21-28,31-36,49-52H,7-12,15-16,19-20,29-30H2,1-6H3,(H,59,61)(H,60,62)(H,63,69)(H,64,70)/t49-,50-,51-,52-/m0/s1. The number of nitrogens with one attached hydrogen (secondary N) is 4. The molecule has 6 aliphatic rings. The normalized spacial score (nSPS) is 17.8. The smallest absolute Gasteiger partial charge is 0.407 e. The molecule has 6 aromatic rings. The number of rotatable bonds is 12. The number of carbonyl (C=O) groups is 4. The number of nitrogens with zero attached hydrogens (tertiary/aromatic N) is 4. The molecule has 376 valence electrons. The molecule has 2 saturated heterocycles. The molecule has 4 aliphatic carbocycles. The van der Waals surface area contributed by atoms with Gasteiger partial charge in [-0.2, -0.15) is 0 Å². The van der Waals surface area contributed by atoms with E-state index in [1.807, 2.05) is 49.9 Å². The van der Waals surface area contributed by atoms with Crippen molar-refractivity contribution in [1.29, 1.82) is 0 Å². The van der Waals surface area contributed by atoms with Crippen LogP contribution in [0.5, 0.6) is 0 Å². The van der Waals surface area contributed by atoms with E-state index in [0.29, 0.717) is 13.1 Å². The summed E-state index contributed by atoms with van der Waals surface area (Å²) < 4.78 is 9.65. The van der Waals surface area contributed by atoms with E-state index in [4.69, 9.17) is 19.4 Å². The van der Waals surface area contributed by atoms with Crippen LogP contribution in [0.1, 0.15) is 112 Å². The van der Waals surface area contributed by atoms with Crippen molar-refractivity contribution < 1.29 is 28.7 Å². The minimum atomic E-state index is -0.690. The molecule has 4 amide bonds. The van der Waals surface area contributed by atoms with Crippen molar-refractivity contribution >= 4 is 24.0 Å². The number of aryl methyl sites for hydroxylation is 4. The molecule has 4 bridgehead atoms. The van der Waals surface area contributed by atoms with E-state index in [0.717, 1.165) is 98.4 Å². The Morgan fingerprint density at radius 2 is 0.931 bits per heavy atom. The van der Waals surface area contributed by atoms with Gasteiger partial charge in [-0.1, -0.05) is 113 Å². The van der Waals surface area contributed by atoms with Gasteiger partial charge in [0.15, 0.2) is 0 Å². The zero-order chi connectivity index (χ0) is 50.5. The van der Waals surface area contributed by atoms with Gasteiger partial charge in [0.05, 0.1) is 37.7 Å². The lowest BCUT2D eigenvalue weighted by Gasteiger charge is -2.37. The van der Waals surface area contributed by atoms with Crippen LogP contribution >= 0.6 is 0 Å². The van der Waals surface area contributed by atoms with Crippen LogP contribution in [-0.2, 0) is 44.7 Å². The van der Waals surface area contributed by atoms with Crippen LogP contribution in [0.3, 0.4) is 0 Å². The van der Waals surface area contributed by atoms with Crippen LogP contribution in [0.15, 0.2) is 97.3 Å². The Morgan fingerprint density at radius 3 is 1.31 bits per heavy atom. The number of benzene rings is 4. The van der Waals surface area contributed by atoms with E-state index in [2.05, 4.69) is 106 Å². The number of imidazole rings is 2. The fraction of sp³-hybridized carbons (Fsp3) is 0.414. The van der Waals surface area contributed by atoms with E-state index in [-0.39, 0.29) is 35.7 Å². The van der Waals surface area contributed by atoms with Gasteiger partial charge in [0, 0.05) is 36.6 Å². The average molecular weight is 973 g/mol. The van der Waals surface area contributed by atoms with Crippen LogP contribution in [0.25, 0.3) is 44.8 Å². The van der Waals surface area contributed by atoms with Gasteiger partial charge >= 0.3 is 12.2 Å². The maximum absolute atomic E-state index is 13.9. The monoisotopic (exact) mass is 973 g/mol. The van der Waals surface area contributed by atoms with Crippen molar-refractivity contribution in [2.45, 2.75) is 116 Å². The van der Waals surface area contributed by atoms with E-state index < -0.39 is 24.3 Å². The highest BCUT2D eigenvalue weighted by Crippen LogP contribution is 2.37. The Balaban J connectivity index is 0.880. The topological polar surface area (TPSA) is 175 Å². The van der Waals surface area contributed by atoms with E-state index >= 15 is 0 Å². The molecule has 72 heavy (non-hydrogen) atoms. The second kappa shape index (κ2) is 22.0. The molecule has 4 heterocycles. The Bertz CT molecular complexity index is 2690. The van der Waals surface area contributed by atoms with E-state index in [1.165, 1.54) is 58.7 Å². The number of hydrogen-bond donors (Lipinski definition) is 4. The van der Waals surface area contributed by atoms with Crippen molar-refractivity contribution in [3.63, 3.8) is 0 Å². The number of likely N-dealkylation sites (tertiary alicyclic amines) is 2. The number of piperidine rings is 2. The summed E-state index contributed by atoms with van der Waals surface area (Å²) in [4.78, 5) is 72.6. The molecule has 0 saturated carbocycles. The highest BCUT2D eigenvalue weighted by molar-refractivity contribution is 5.87. The van der Waals surface area contributed by atoms with E-state index in [1.54, 1.807) is 0 Å². The number of hydrogen-bond acceptors (Lipinski definition) is 8. The molecule has 0 radical (unpaired) electrons. The minimum absolute atomic E-state index is 0.107. The van der Waals surface area contributed by atoms with Crippen molar-refractivity contribution in [2.75, 3.05) is 27.3 Å². The summed E-state index contributed by atoms with van der Waals surface area (Å²) in [7, 11) is 2.62. The Morgan fingerprint density at radius 1 is 0.542 bits per heavy atom. The summed E-state index contributed by atoms with van der Waals surface area (Å²) in [5.74, 6) is 1.05. The third-order valence-electron chi connectivity index (χ3n) is 14.9. The molecule has 0 spiro atoms. The largest absolute Gasteiger partial charge is 0.453 e. The first kappa shape index (κ1) is 49.7. The number of ether oxygens (including phenoxy) is 2. The van der Waals surface area contributed by atoms with E-state index in [9.17, 15) is 19.2 Å². The van der Waals surface area contributed by atoms with Crippen LogP contribution in [0.4, 0.5) is 9.59 Å². The van der Waals surface area contributed by atoms with Gasteiger partial charge in [-0.3, -0.25) is 9.59 Å². The predicted molar refractivity (Wildman–Crippen MR) is 279 cm³/mol. The first-order chi connectivity index (χ1) is 34.9. The van der Waals surface area contributed by atoms with Gasteiger partial charge in [0.1, 0.15) is 23.7 Å². The van der Waals surface area contributed by atoms with Gasteiger partial charge < -0.3 is 39.9 Å². The first-order valence-electron chi connectivity index (χ1n) is 25.7. The zero-order valence-electron chi connectivity index (χ0n) is 42.4. The van der Waals surface area contributed by atoms with Crippen LogP contribution < -0.4 is 10.6 Å². The number of methoxy groups -OCH3 is 2. The molecule has 4 aromatic carbocycles. The predicted octanol–water partition coefficient (Wildman–Crippen LogP) is 10.6. The summed E-state index contributed by atoms with van der Waals surface area (Å²) in [6.07, 6.45) is 11.6. The molecule has 4 N–H and O–H groups in total. The molecule has 2 aromatic heterocycles. The fourth-order valence-electron chi connectivity index (χ4n) is 10.8. The van der Waals surface area contributed by atoms with Gasteiger partial charge in [-0.15, -0.1) is 0 Å². The minimum Gasteiger partial charge on any atom is -0.453 e. The Kier molecular flexibility index (Phi) is 15.2. The lowest BCUT2D eigenvalue weighted by atomic mass is 9.87. The summed E-state index contributed by atoms with van der Waals surface area (Å²) in [6, 6.07) is 29.5. The highest BCUT2D eigenvalue weighted by atomic mass is 16.5. The van der Waals surface area contributed by atoms with Gasteiger partial charge in [-0.05, 0) is 121 Å². The molecule has 12 rings (SSSR count). The van der Waals surface area contributed by atoms with Gasteiger partial charge in [-0.25, -0.2) is 19.6 Å². The molecule has 14 heteroatoms. The number of alkyl carbamates (subject to hydrolysis) is 2. The third kappa shape index (κ3) is 10.8. The van der Waals surface area contributed by atoms with Crippen molar-refractivity contribution in [2.24, 2.45) is 11.8 Å². The number of aromatic nitrogens is 4. The van der Waals surface area contributed by atoms with Crippen LogP contribution in [0, 0.1) is 11.8 Å². The third-order valence-corrected chi connectivity index (χ3v) is 14.9. The molecule has 2 fully saturated rings.